The molecule has 1 atom stereocenters. The Kier molecular flexibility index (Phi) is 5.23. The van der Waals surface area contributed by atoms with E-state index in [1.54, 1.807) is 18.2 Å². The summed E-state index contributed by atoms with van der Waals surface area (Å²) in [5.74, 6) is -1.15. The van der Waals surface area contributed by atoms with Gasteiger partial charge in [-0.05, 0) is 24.1 Å². The minimum absolute atomic E-state index is 0.124. The van der Waals surface area contributed by atoms with Crippen LogP contribution >= 0.6 is 0 Å². The number of azide groups is 1. The van der Waals surface area contributed by atoms with Crippen LogP contribution in [0, 0.1) is 0 Å². The largest absolute Gasteiger partial charge is 0.338 e. The van der Waals surface area contributed by atoms with Gasteiger partial charge in [0.2, 0.25) is 11.8 Å². The van der Waals surface area contributed by atoms with Gasteiger partial charge in [0.25, 0.3) is 5.91 Å². The highest BCUT2D eigenvalue weighted by Gasteiger charge is 2.39. The molecule has 11 heteroatoms. The maximum absolute atomic E-state index is 12.7. The van der Waals surface area contributed by atoms with E-state index in [9.17, 15) is 19.2 Å². The first-order valence-corrected chi connectivity index (χ1v) is 8.33. The van der Waals surface area contributed by atoms with Crippen LogP contribution in [0.15, 0.2) is 23.3 Å². The minimum Gasteiger partial charge on any atom is -0.338 e. The Hall–Kier alpha value is -3.59. The van der Waals surface area contributed by atoms with Gasteiger partial charge in [-0.2, -0.15) is 0 Å². The molecule has 0 aliphatic carbocycles. The number of anilines is 1. The molecular formula is C16H17N7O4. The average Bonchev–Trinajstić information content (AvgIpc) is 2.97. The maximum Gasteiger partial charge on any atom is 0.319 e. The minimum atomic E-state index is -0.715. The lowest BCUT2D eigenvalue weighted by Crippen LogP contribution is -2.52. The van der Waals surface area contributed by atoms with Gasteiger partial charge in [-0.3, -0.25) is 19.7 Å². The molecule has 27 heavy (non-hydrogen) atoms. The number of carbonyl (C=O) groups excluding carboxylic acids is 4. The van der Waals surface area contributed by atoms with Crippen LogP contribution in [-0.4, -0.2) is 47.8 Å². The third-order valence-corrected chi connectivity index (χ3v) is 4.39. The first-order chi connectivity index (χ1) is 13.0. The van der Waals surface area contributed by atoms with E-state index < -0.39 is 18.0 Å². The lowest BCUT2D eigenvalue weighted by atomic mass is 10.0. The van der Waals surface area contributed by atoms with Crippen LogP contribution in [0.2, 0.25) is 0 Å². The van der Waals surface area contributed by atoms with E-state index >= 15 is 0 Å². The van der Waals surface area contributed by atoms with Gasteiger partial charge < -0.3 is 15.5 Å². The Morgan fingerprint density at radius 2 is 2.19 bits per heavy atom. The van der Waals surface area contributed by atoms with Crippen molar-refractivity contribution in [1.82, 2.24) is 15.5 Å². The van der Waals surface area contributed by atoms with Gasteiger partial charge in [0.1, 0.15) is 6.04 Å². The molecule has 1 aromatic carbocycles. The standard InChI is InChI=1S/C16H17N7O4/c17-22-19-7-6-18-16(27)20-11-3-1-2-9-10(11)8-23(15(9)26)12-4-5-13(24)21-14(12)25/h1-3,12H,4-8H2,(H2,18,20,27)(H,21,24,25). The molecule has 5 amide bonds. The summed E-state index contributed by atoms with van der Waals surface area (Å²) in [7, 11) is 0. The van der Waals surface area contributed by atoms with E-state index in [2.05, 4.69) is 26.0 Å². The molecule has 11 nitrogen and oxygen atoms in total. The number of hydrogen-bond acceptors (Lipinski definition) is 5. The number of carbonyl (C=O) groups is 4. The van der Waals surface area contributed by atoms with Gasteiger partial charge in [-0.15, -0.1) is 0 Å². The molecule has 1 saturated heterocycles. The van der Waals surface area contributed by atoms with Crippen molar-refractivity contribution in [2.45, 2.75) is 25.4 Å². The molecule has 0 saturated carbocycles. The molecule has 140 valence electrons. The first kappa shape index (κ1) is 18.2. The molecule has 1 unspecified atom stereocenters. The molecule has 0 radical (unpaired) electrons. The Morgan fingerprint density at radius 3 is 2.93 bits per heavy atom. The summed E-state index contributed by atoms with van der Waals surface area (Å²) in [4.78, 5) is 52.1. The lowest BCUT2D eigenvalue weighted by molar-refractivity contribution is -0.136. The lowest BCUT2D eigenvalue weighted by Gasteiger charge is -2.29. The fraction of sp³-hybridized carbons (Fsp3) is 0.375. The zero-order valence-corrected chi connectivity index (χ0v) is 14.3. The molecule has 1 aromatic rings. The average molecular weight is 371 g/mol. The molecule has 0 aromatic heterocycles. The Morgan fingerprint density at radius 1 is 1.37 bits per heavy atom. The molecule has 1 fully saturated rings. The highest BCUT2D eigenvalue weighted by atomic mass is 16.2. The zero-order valence-electron chi connectivity index (χ0n) is 14.3. The number of nitrogens with zero attached hydrogens (tertiary/aromatic N) is 4. The number of piperidine rings is 1. The summed E-state index contributed by atoms with van der Waals surface area (Å²) in [5, 5.41) is 10.8. The van der Waals surface area contributed by atoms with Crippen molar-refractivity contribution >= 4 is 29.4 Å². The summed E-state index contributed by atoms with van der Waals surface area (Å²) >= 11 is 0. The first-order valence-electron chi connectivity index (χ1n) is 8.33. The topological polar surface area (TPSA) is 156 Å². The Bertz CT molecular complexity index is 862. The van der Waals surface area contributed by atoms with Gasteiger partial charge in [0.05, 0.1) is 0 Å². The summed E-state index contributed by atoms with van der Waals surface area (Å²) in [6.07, 6.45) is 0.447. The van der Waals surface area contributed by atoms with Crippen LogP contribution in [0.1, 0.15) is 28.8 Å². The molecular weight excluding hydrogens is 354 g/mol. The highest BCUT2D eigenvalue weighted by Crippen LogP contribution is 2.32. The van der Waals surface area contributed by atoms with Crippen molar-refractivity contribution < 1.29 is 19.2 Å². The third-order valence-electron chi connectivity index (χ3n) is 4.39. The molecule has 2 aliphatic heterocycles. The molecule has 3 N–H and O–H groups in total. The van der Waals surface area contributed by atoms with E-state index in [4.69, 9.17) is 5.53 Å². The number of hydrogen-bond donors (Lipinski definition) is 3. The van der Waals surface area contributed by atoms with E-state index in [-0.39, 0.29) is 44.3 Å². The second-order valence-corrected chi connectivity index (χ2v) is 6.07. The van der Waals surface area contributed by atoms with Crippen molar-refractivity contribution in [1.29, 1.82) is 0 Å². The van der Waals surface area contributed by atoms with Crippen LogP contribution in [0.3, 0.4) is 0 Å². The number of benzene rings is 1. The number of rotatable bonds is 5. The number of fused-ring (bicyclic) bond motifs is 1. The fourth-order valence-corrected chi connectivity index (χ4v) is 3.13. The van der Waals surface area contributed by atoms with Crippen LogP contribution in [0.5, 0.6) is 0 Å². The van der Waals surface area contributed by atoms with Gasteiger partial charge >= 0.3 is 6.03 Å². The van der Waals surface area contributed by atoms with Gasteiger partial charge in [0.15, 0.2) is 0 Å². The maximum atomic E-state index is 12.7. The Balaban J connectivity index is 1.72. The van der Waals surface area contributed by atoms with Crippen molar-refractivity contribution in [3.05, 3.63) is 39.8 Å². The quantitative estimate of drug-likeness (QED) is 0.231. The monoisotopic (exact) mass is 371 g/mol. The van der Waals surface area contributed by atoms with Crippen molar-refractivity contribution in [2.24, 2.45) is 5.11 Å². The van der Waals surface area contributed by atoms with Crippen molar-refractivity contribution in [2.75, 3.05) is 18.4 Å². The molecule has 2 aliphatic rings. The number of amides is 5. The van der Waals surface area contributed by atoms with Gasteiger partial charge in [-0.25, -0.2) is 4.79 Å². The third kappa shape index (κ3) is 3.82. The predicted molar refractivity (Wildman–Crippen MR) is 93.5 cm³/mol. The smallest absolute Gasteiger partial charge is 0.319 e. The van der Waals surface area contributed by atoms with Crippen molar-refractivity contribution in [3.63, 3.8) is 0 Å². The Labute approximate surface area is 153 Å². The number of imide groups is 1. The van der Waals surface area contributed by atoms with Crippen molar-refractivity contribution in [3.8, 4) is 0 Å². The van der Waals surface area contributed by atoms with E-state index in [0.29, 0.717) is 16.8 Å². The summed E-state index contributed by atoms with van der Waals surface area (Å²) in [6, 6.07) is 3.72. The molecule has 0 bridgehead atoms. The van der Waals surface area contributed by atoms with Crippen LogP contribution in [0.25, 0.3) is 10.4 Å². The second kappa shape index (κ2) is 7.75. The highest BCUT2D eigenvalue weighted by molar-refractivity contribution is 6.06. The van der Waals surface area contributed by atoms with Crippen LogP contribution in [0.4, 0.5) is 10.5 Å². The van der Waals surface area contributed by atoms with Crippen LogP contribution in [-0.2, 0) is 16.1 Å². The van der Waals surface area contributed by atoms with E-state index in [0.717, 1.165) is 0 Å². The van der Waals surface area contributed by atoms with E-state index in [1.807, 2.05) is 0 Å². The number of nitrogens with one attached hydrogen (secondary N) is 3. The normalized spacial score (nSPS) is 18.4. The number of urea groups is 1. The fourth-order valence-electron chi connectivity index (χ4n) is 3.13. The molecule has 0 spiro atoms. The predicted octanol–water partition coefficient (Wildman–Crippen LogP) is 0.879. The van der Waals surface area contributed by atoms with E-state index in [1.165, 1.54) is 4.90 Å². The van der Waals surface area contributed by atoms with Gasteiger partial charge in [-0.1, -0.05) is 11.2 Å². The summed E-state index contributed by atoms with van der Waals surface area (Å²) < 4.78 is 0. The SMILES string of the molecule is [N-]=[N+]=NCCNC(=O)Nc1cccc2c1CN(C1CCC(=O)NC1=O)C2=O. The summed E-state index contributed by atoms with van der Waals surface area (Å²) in [5.41, 5.74) is 9.68. The van der Waals surface area contributed by atoms with Crippen LogP contribution < -0.4 is 16.0 Å². The summed E-state index contributed by atoms with van der Waals surface area (Å²) in [6.45, 7) is 0.459. The zero-order chi connectivity index (χ0) is 19.4. The molecule has 3 rings (SSSR count). The second-order valence-electron chi connectivity index (χ2n) is 6.07. The van der Waals surface area contributed by atoms with Gasteiger partial charge in [0, 0.05) is 47.8 Å². The molecule has 2 heterocycles.